The average molecular weight is 664 g/mol. The molecule has 238 valence electrons. The molecule has 0 spiro atoms. The van der Waals surface area contributed by atoms with E-state index in [0.717, 1.165) is 4.90 Å². The molecule has 4 rings (SSSR count). The minimum Gasteiger partial charge on any atom is -0.716 e. The average Bonchev–Trinajstić information content (AvgIpc) is 3.61. The number of nitrogens with one attached hydrogen (secondary N) is 2. The van der Waals surface area contributed by atoms with Gasteiger partial charge >= 0.3 is 29.6 Å². The predicted octanol–water partition coefficient (Wildman–Crippen LogP) is -0.887. The number of Topliss-reactive ketones (excluding diaryl/α,β-unsaturated/α-hetero) is 1. The standard InChI is InChI=1S/C30H31N3O11S.Na/c1-17(2)14-22(23(28(36)32-39)16-33-29(37)20-6-3-4-7-21(20)30(33)38)27(35)31-24(26(34)25-8-5-13-43-25)15-18-9-11-19(12-10-18)44-45(40,41)42;/h3-13,17,22-24,39H,14-16H2,1-2H3,(H,31,35)(H,32,36)(H,40,41,42);/q;+1/p-1/t22-,23?,24-;/m0./s1. The summed E-state index contributed by atoms with van der Waals surface area (Å²) in [5.74, 6) is -6.83. The molecule has 0 saturated heterocycles. The molecular formula is C30H30N3NaO11S. The number of hydroxylamine groups is 1. The second kappa shape index (κ2) is 15.6. The minimum absolute atomic E-state index is 0. The van der Waals surface area contributed by atoms with Crippen molar-refractivity contribution >= 4 is 39.8 Å². The van der Waals surface area contributed by atoms with E-state index in [9.17, 15) is 42.2 Å². The van der Waals surface area contributed by atoms with Crippen molar-refractivity contribution in [3.63, 3.8) is 0 Å². The van der Waals surface area contributed by atoms with E-state index in [0.29, 0.717) is 5.56 Å². The molecule has 2 heterocycles. The summed E-state index contributed by atoms with van der Waals surface area (Å²) in [5.41, 5.74) is 2.25. The van der Waals surface area contributed by atoms with Crippen LogP contribution in [0.25, 0.3) is 0 Å². The van der Waals surface area contributed by atoms with Gasteiger partial charge in [-0.3, -0.25) is 34.1 Å². The fourth-order valence-electron chi connectivity index (χ4n) is 5.15. The van der Waals surface area contributed by atoms with Crippen LogP contribution in [0.4, 0.5) is 0 Å². The van der Waals surface area contributed by atoms with Gasteiger partial charge in [0.05, 0.1) is 35.3 Å². The first-order chi connectivity index (χ1) is 21.3. The zero-order chi connectivity index (χ0) is 32.9. The summed E-state index contributed by atoms with van der Waals surface area (Å²) in [7, 11) is -5.01. The molecule has 1 aliphatic heterocycles. The first-order valence-corrected chi connectivity index (χ1v) is 15.1. The van der Waals surface area contributed by atoms with Gasteiger partial charge in [-0.15, -0.1) is 0 Å². The molecule has 16 heteroatoms. The summed E-state index contributed by atoms with van der Waals surface area (Å²) in [6.45, 7) is 3.05. The topological polar surface area (TPSA) is 212 Å². The molecule has 3 aromatic rings. The zero-order valence-corrected chi connectivity index (χ0v) is 28.0. The number of fused-ring (bicyclic) bond motifs is 1. The quantitative estimate of drug-likeness (QED) is 0.0366. The van der Waals surface area contributed by atoms with Gasteiger partial charge in [0.25, 0.3) is 22.2 Å². The summed E-state index contributed by atoms with van der Waals surface area (Å²) in [4.78, 5) is 67.3. The minimum atomic E-state index is -5.01. The Labute approximate surface area is 286 Å². The number of rotatable bonds is 14. The molecule has 0 saturated carbocycles. The molecular weight excluding hydrogens is 633 g/mol. The molecule has 2 aromatic carbocycles. The van der Waals surface area contributed by atoms with Crippen molar-refractivity contribution in [1.29, 1.82) is 0 Å². The van der Waals surface area contributed by atoms with Gasteiger partial charge in [-0.05, 0) is 54.3 Å². The van der Waals surface area contributed by atoms with Gasteiger partial charge in [0, 0.05) is 13.0 Å². The second-order valence-corrected chi connectivity index (χ2v) is 11.8. The normalized spacial score (nSPS) is 14.6. The number of imide groups is 1. The largest absolute Gasteiger partial charge is 1.00 e. The molecule has 0 aliphatic carbocycles. The molecule has 0 radical (unpaired) electrons. The van der Waals surface area contributed by atoms with E-state index in [1.807, 2.05) is 0 Å². The number of nitrogens with zero attached hydrogens (tertiary/aromatic N) is 1. The summed E-state index contributed by atoms with van der Waals surface area (Å²) >= 11 is 0. The molecule has 1 unspecified atom stereocenters. The van der Waals surface area contributed by atoms with Crippen LogP contribution in [0.3, 0.4) is 0 Å². The van der Waals surface area contributed by atoms with Crippen molar-refractivity contribution in [3.8, 4) is 5.75 Å². The van der Waals surface area contributed by atoms with Crippen LogP contribution in [0.5, 0.6) is 5.75 Å². The second-order valence-electron chi connectivity index (χ2n) is 10.8. The molecule has 1 aliphatic rings. The van der Waals surface area contributed by atoms with E-state index in [-0.39, 0.29) is 71.0 Å². The first-order valence-electron chi connectivity index (χ1n) is 13.8. The number of hydrogen-bond donors (Lipinski definition) is 3. The van der Waals surface area contributed by atoms with Gasteiger partial charge in [0.2, 0.25) is 17.6 Å². The smallest absolute Gasteiger partial charge is 0.716 e. The van der Waals surface area contributed by atoms with Crippen molar-refractivity contribution in [2.45, 2.75) is 32.7 Å². The fourth-order valence-corrected chi connectivity index (χ4v) is 5.50. The van der Waals surface area contributed by atoms with E-state index >= 15 is 0 Å². The van der Waals surface area contributed by atoms with Gasteiger partial charge in [-0.2, -0.15) is 0 Å². The number of carbonyl (C=O) groups excluding carboxylic acids is 5. The van der Waals surface area contributed by atoms with E-state index in [2.05, 4.69) is 9.50 Å². The maximum atomic E-state index is 13.9. The number of hydrogen-bond acceptors (Lipinski definition) is 11. The van der Waals surface area contributed by atoms with E-state index in [4.69, 9.17) is 4.42 Å². The molecule has 3 atom stereocenters. The number of carbonyl (C=O) groups is 5. The van der Waals surface area contributed by atoms with Crippen molar-refractivity contribution in [2.75, 3.05) is 6.54 Å². The van der Waals surface area contributed by atoms with Crippen LogP contribution in [0.1, 0.15) is 57.1 Å². The molecule has 4 amide bonds. The van der Waals surface area contributed by atoms with Crippen LogP contribution in [-0.2, 0) is 26.4 Å². The van der Waals surface area contributed by atoms with Crippen LogP contribution in [-0.4, -0.2) is 65.1 Å². The van der Waals surface area contributed by atoms with Gasteiger partial charge in [-0.1, -0.05) is 38.1 Å². The number of amides is 4. The molecule has 46 heavy (non-hydrogen) atoms. The summed E-state index contributed by atoms with van der Waals surface area (Å²) in [6.07, 6.45) is 1.22. The summed E-state index contributed by atoms with van der Waals surface area (Å²) in [5, 5.41) is 12.2. The summed E-state index contributed by atoms with van der Waals surface area (Å²) < 4.78 is 42.3. The Balaban J connectivity index is 0.00000576. The van der Waals surface area contributed by atoms with E-state index in [1.165, 1.54) is 60.3 Å². The maximum Gasteiger partial charge on any atom is 1.00 e. The van der Waals surface area contributed by atoms with Crippen LogP contribution in [0.15, 0.2) is 71.3 Å². The van der Waals surface area contributed by atoms with Gasteiger partial charge in [0.1, 0.15) is 5.75 Å². The van der Waals surface area contributed by atoms with Crippen molar-refractivity contribution in [2.24, 2.45) is 17.8 Å². The van der Waals surface area contributed by atoms with Crippen LogP contribution in [0, 0.1) is 17.8 Å². The van der Waals surface area contributed by atoms with Gasteiger partial charge in [0.15, 0.2) is 5.76 Å². The molecule has 1 aromatic heterocycles. The molecule has 14 nitrogen and oxygen atoms in total. The first kappa shape index (κ1) is 36.6. The van der Waals surface area contributed by atoms with E-state index < -0.39 is 64.2 Å². The Morgan fingerprint density at radius 1 is 0.935 bits per heavy atom. The Bertz CT molecular complexity index is 1660. The van der Waals surface area contributed by atoms with Crippen molar-refractivity contribution in [1.82, 2.24) is 15.7 Å². The van der Waals surface area contributed by atoms with Gasteiger partial charge < -0.3 is 18.5 Å². The van der Waals surface area contributed by atoms with E-state index in [1.54, 1.807) is 26.0 Å². The monoisotopic (exact) mass is 663 g/mol. The Morgan fingerprint density at radius 2 is 1.54 bits per heavy atom. The third kappa shape index (κ3) is 8.90. The maximum absolute atomic E-state index is 13.9. The Hall–Kier alpha value is -3.86. The summed E-state index contributed by atoms with van der Waals surface area (Å²) in [6, 6.07) is 12.9. The Morgan fingerprint density at radius 3 is 2.04 bits per heavy atom. The third-order valence-corrected chi connectivity index (χ3v) is 7.61. The number of furan rings is 1. The SMILES string of the molecule is CC(C)C[C@H](C(=O)N[C@@H](Cc1ccc(OS(=O)(=O)[O-])cc1)C(=O)c1ccco1)C(CN1C(=O)c2ccccc2C1=O)C(=O)NO.[Na+]. The number of ketones is 1. The van der Waals surface area contributed by atoms with Crippen LogP contribution >= 0.6 is 0 Å². The van der Waals surface area contributed by atoms with Crippen LogP contribution in [0.2, 0.25) is 0 Å². The fraction of sp³-hybridized carbons (Fsp3) is 0.300. The Kier molecular flexibility index (Phi) is 12.4. The van der Waals surface area contributed by atoms with Crippen molar-refractivity contribution < 1.29 is 80.3 Å². The molecule has 0 bridgehead atoms. The third-order valence-electron chi connectivity index (χ3n) is 7.21. The number of benzene rings is 2. The van der Waals surface area contributed by atoms with Crippen LogP contribution < -0.4 is 44.5 Å². The zero-order valence-electron chi connectivity index (χ0n) is 25.2. The predicted molar refractivity (Wildman–Crippen MR) is 154 cm³/mol. The molecule has 0 fully saturated rings. The van der Waals surface area contributed by atoms with Crippen molar-refractivity contribution in [3.05, 3.63) is 89.4 Å². The molecule has 3 N–H and O–H groups in total. The van der Waals surface area contributed by atoms with Gasteiger partial charge in [-0.25, -0.2) is 13.9 Å².